The second-order valence-corrected chi connectivity index (χ2v) is 7.03. The van der Waals surface area contributed by atoms with Gasteiger partial charge in [0, 0.05) is 29.5 Å². The second kappa shape index (κ2) is 11.1. The fourth-order valence-electron chi connectivity index (χ4n) is 3.04. The minimum absolute atomic E-state index is 0.0801. The van der Waals surface area contributed by atoms with E-state index in [-0.39, 0.29) is 39.8 Å². The third kappa shape index (κ3) is 6.31. The number of ether oxygens (including phenoxy) is 1. The number of ketones is 2. The Kier molecular flexibility index (Phi) is 8.55. The van der Waals surface area contributed by atoms with Crippen molar-refractivity contribution >= 4 is 29.5 Å². The van der Waals surface area contributed by atoms with Crippen LogP contribution < -0.4 is 0 Å². The van der Waals surface area contributed by atoms with E-state index in [1.807, 2.05) is 0 Å². The van der Waals surface area contributed by atoms with E-state index in [2.05, 4.69) is 0 Å². The van der Waals surface area contributed by atoms with Crippen molar-refractivity contribution in [2.24, 2.45) is 0 Å². The summed E-state index contributed by atoms with van der Waals surface area (Å²) in [5, 5.41) is 37.0. The van der Waals surface area contributed by atoms with Crippen molar-refractivity contribution in [1.29, 1.82) is 0 Å². The van der Waals surface area contributed by atoms with E-state index in [0.29, 0.717) is 6.42 Å². The van der Waals surface area contributed by atoms with Gasteiger partial charge in [-0.25, -0.2) is 14.4 Å². The van der Waals surface area contributed by atoms with Crippen LogP contribution in [0.2, 0.25) is 0 Å². The highest BCUT2D eigenvalue weighted by molar-refractivity contribution is 6.08. The van der Waals surface area contributed by atoms with Crippen LogP contribution in [0.4, 0.5) is 0 Å². The quantitative estimate of drug-likeness (QED) is 0.222. The van der Waals surface area contributed by atoms with Crippen molar-refractivity contribution in [1.82, 2.24) is 0 Å². The number of benzene rings is 2. The normalized spacial score (nSPS) is 10.7. The van der Waals surface area contributed by atoms with Crippen molar-refractivity contribution < 1.29 is 49.1 Å². The lowest BCUT2D eigenvalue weighted by Gasteiger charge is -2.11. The van der Waals surface area contributed by atoms with Gasteiger partial charge in [-0.3, -0.25) is 9.59 Å². The molecule has 0 fully saturated rings. The first kappa shape index (κ1) is 25.4. The van der Waals surface area contributed by atoms with Gasteiger partial charge >= 0.3 is 17.9 Å². The summed E-state index contributed by atoms with van der Waals surface area (Å²) in [7, 11) is 0. The monoisotopic (exact) mass is 458 g/mol. The highest BCUT2D eigenvalue weighted by Gasteiger charge is 2.21. The molecule has 0 spiro atoms. The average Bonchev–Trinajstić information content (AvgIpc) is 2.77. The van der Waals surface area contributed by atoms with Gasteiger partial charge in [0.05, 0.1) is 23.3 Å². The molecule has 174 valence electrons. The van der Waals surface area contributed by atoms with E-state index in [0.717, 1.165) is 30.3 Å². The molecule has 0 radical (unpaired) electrons. The highest BCUT2D eigenvalue weighted by Crippen LogP contribution is 2.19. The van der Waals surface area contributed by atoms with Crippen molar-refractivity contribution in [3.8, 4) is 0 Å². The number of hydrogen-bond acceptors (Lipinski definition) is 8. The number of hydrogen-bond donors (Lipinski definition) is 4. The molecule has 0 saturated carbocycles. The third-order valence-corrected chi connectivity index (χ3v) is 4.70. The van der Waals surface area contributed by atoms with E-state index in [4.69, 9.17) is 4.74 Å². The number of Topliss-reactive ketones (excluding diaryl/α,β-unsaturated/α-hetero) is 2. The summed E-state index contributed by atoms with van der Waals surface area (Å²) >= 11 is 0. The van der Waals surface area contributed by atoms with Crippen LogP contribution in [0.1, 0.15) is 89.8 Å². The molecule has 33 heavy (non-hydrogen) atoms. The Bertz CT molecular complexity index is 1100. The summed E-state index contributed by atoms with van der Waals surface area (Å²) in [6.07, 6.45) is -1.72. The zero-order valence-corrected chi connectivity index (χ0v) is 17.6. The number of carbonyl (C=O) groups is 5. The Labute approximate surface area is 188 Å². The number of aromatic carboxylic acids is 2. The first-order valence-electron chi connectivity index (χ1n) is 9.91. The number of rotatable bonds is 11. The van der Waals surface area contributed by atoms with Crippen LogP contribution in [0, 0.1) is 0 Å². The molecule has 4 N–H and O–H groups in total. The minimum atomic E-state index is -1.91. The summed E-state index contributed by atoms with van der Waals surface area (Å²) in [6.45, 7) is 1.32. The van der Waals surface area contributed by atoms with Gasteiger partial charge in [-0.1, -0.05) is 13.0 Å². The van der Waals surface area contributed by atoms with Gasteiger partial charge in [0.2, 0.25) is 0 Å². The molecular formula is C23H22O10. The molecule has 0 atom stereocenters. The maximum atomic E-state index is 12.5. The van der Waals surface area contributed by atoms with Gasteiger partial charge in [-0.2, -0.15) is 0 Å². The van der Waals surface area contributed by atoms with Crippen molar-refractivity contribution in [2.45, 2.75) is 32.5 Å². The van der Waals surface area contributed by atoms with E-state index in [9.17, 15) is 44.4 Å². The Morgan fingerprint density at radius 3 is 1.88 bits per heavy atom. The summed E-state index contributed by atoms with van der Waals surface area (Å²) in [4.78, 5) is 59.7. The predicted octanol–water partition coefficient (Wildman–Crippen LogP) is 2.48. The molecule has 0 aliphatic carbocycles. The van der Waals surface area contributed by atoms with Crippen LogP contribution in [-0.2, 0) is 4.74 Å². The Balaban J connectivity index is 2.14. The molecule has 0 saturated heterocycles. The zero-order valence-electron chi connectivity index (χ0n) is 17.6. The highest BCUT2D eigenvalue weighted by atomic mass is 16.5. The lowest BCUT2D eigenvalue weighted by atomic mass is 9.98. The van der Waals surface area contributed by atoms with E-state index < -0.39 is 48.8 Å². The van der Waals surface area contributed by atoms with Gasteiger partial charge in [0.1, 0.15) is 0 Å². The Morgan fingerprint density at radius 1 is 0.788 bits per heavy atom. The lowest BCUT2D eigenvalue weighted by molar-refractivity contribution is -0.0425. The van der Waals surface area contributed by atoms with E-state index >= 15 is 0 Å². The van der Waals surface area contributed by atoms with Crippen LogP contribution in [0.3, 0.4) is 0 Å². The van der Waals surface area contributed by atoms with Crippen LogP contribution in [-0.4, -0.2) is 56.5 Å². The van der Waals surface area contributed by atoms with Crippen LogP contribution in [0.15, 0.2) is 36.4 Å². The molecule has 0 amide bonds. The third-order valence-electron chi connectivity index (χ3n) is 4.70. The maximum absolute atomic E-state index is 12.5. The minimum Gasteiger partial charge on any atom is -0.478 e. The SMILES string of the molecule is CCCC(=O)c1cc(C(=O)OCCC(=O)c2cc(C(O)O)ccc2C(=O)O)ccc1C(=O)O. The molecular weight excluding hydrogens is 436 g/mol. The molecule has 0 aliphatic heterocycles. The molecule has 2 aromatic carbocycles. The van der Waals surface area contributed by atoms with E-state index in [1.165, 1.54) is 6.07 Å². The fraction of sp³-hybridized carbons (Fsp3) is 0.261. The summed E-state index contributed by atoms with van der Waals surface area (Å²) in [6, 6.07) is 6.69. The van der Waals surface area contributed by atoms with Crippen LogP contribution in [0.25, 0.3) is 0 Å². The number of aliphatic hydroxyl groups excluding tert-OH is 1. The lowest BCUT2D eigenvalue weighted by Crippen LogP contribution is -2.15. The van der Waals surface area contributed by atoms with Crippen LogP contribution >= 0.6 is 0 Å². The number of carboxylic acids is 2. The summed E-state index contributed by atoms with van der Waals surface area (Å²) < 4.78 is 5.03. The second-order valence-electron chi connectivity index (χ2n) is 7.03. The molecule has 10 heteroatoms. The van der Waals surface area contributed by atoms with Crippen molar-refractivity contribution in [2.75, 3.05) is 6.61 Å². The first-order valence-corrected chi connectivity index (χ1v) is 9.91. The topological polar surface area (TPSA) is 175 Å². The van der Waals surface area contributed by atoms with Gasteiger partial charge < -0.3 is 25.2 Å². The maximum Gasteiger partial charge on any atom is 0.338 e. The Hall–Kier alpha value is -3.89. The fourth-order valence-corrected chi connectivity index (χ4v) is 3.04. The van der Waals surface area contributed by atoms with Gasteiger partial charge in [-0.15, -0.1) is 0 Å². The molecule has 0 aliphatic rings. The molecule has 0 heterocycles. The molecule has 0 bridgehead atoms. The number of esters is 1. The molecule has 2 aromatic rings. The zero-order chi connectivity index (χ0) is 24.7. The Morgan fingerprint density at radius 2 is 1.33 bits per heavy atom. The van der Waals surface area contributed by atoms with Gasteiger partial charge in [0.25, 0.3) is 0 Å². The first-order chi connectivity index (χ1) is 15.6. The number of carboxylic acid groups (broad SMARTS) is 2. The van der Waals surface area contributed by atoms with Crippen LogP contribution in [0.5, 0.6) is 0 Å². The molecule has 2 rings (SSSR count). The molecule has 0 unspecified atom stereocenters. The molecule has 10 nitrogen and oxygen atoms in total. The number of aliphatic hydroxyl groups is 2. The average molecular weight is 458 g/mol. The predicted molar refractivity (Wildman–Crippen MR) is 112 cm³/mol. The van der Waals surface area contributed by atoms with Gasteiger partial charge in [-0.05, 0) is 36.8 Å². The smallest absolute Gasteiger partial charge is 0.338 e. The molecule has 0 aromatic heterocycles. The summed E-state index contributed by atoms with van der Waals surface area (Å²) in [5.74, 6) is -4.75. The number of carbonyl (C=O) groups excluding carboxylic acids is 3. The van der Waals surface area contributed by atoms with Crippen molar-refractivity contribution in [3.05, 3.63) is 69.8 Å². The largest absolute Gasteiger partial charge is 0.478 e. The standard InChI is InChI=1S/C23H22O10/c1-2-3-18(24)17-11-13(5-7-15(17)22(30)31)23(32)33-9-8-19(25)16-10-12(20(26)27)4-6-14(16)21(28)29/h4-7,10-11,20,26-27H,2-3,8-9H2,1H3,(H,28,29)(H,30,31). The van der Waals surface area contributed by atoms with Gasteiger partial charge in [0.15, 0.2) is 17.9 Å². The summed E-state index contributed by atoms with van der Waals surface area (Å²) in [5.41, 5.74) is -1.15. The van der Waals surface area contributed by atoms with Crippen molar-refractivity contribution in [3.63, 3.8) is 0 Å². The van der Waals surface area contributed by atoms with E-state index in [1.54, 1.807) is 6.92 Å².